The van der Waals surface area contributed by atoms with Crippen molar-refractivity contribution in [2.75, 3.05) is 18.5 Å². The molecule has 2 rings (SSSR count). The Hall–Kier alpha value is -3.29. The number of carbonyl (C=O) groups excluding carboxylic acids is 2. The average Bonchev–Trinajstić information content (AvgIpc) is 2.57. The summed E-state index contributed by atoms with van der Waals surface area (Å²) in [5.74, 6) is -2.19. The van der Waals surface area contributed by atoms with Crippen molar-refractivity contribution >= 4 is 28.6 Å². The Balaban J connectivity index is 2.41. The van der Waals surface area contributed by atoms with E-state index in [1.165, 1.54) is 6.07 Å². The van der Waals surface area contributed by atoms with Gasteiger partial charge >= 0.3 is 17.6 Å². The number of hydrogen-bond donors (Lipinski definition) is 2. The van der Waals surface area contributed by atoms with Crippen LogP contribution >= 0.6 is 0 Å². The van der Waals surface area contributed by atoms with E-state index in [1.54, 1.807) is 32.0 Å². The Morgan fingerprint density at radius 2 is 1.84 bits per heavy atom. The van der Waals surface area contributed by atoms with E-state index < -0.39 is 23.3 Å². The minimum atomic E-state index is -0.901. The van der Waals surface area contributed by atoms with Crippen LogP contribution in [0.4, 0.5) is 5.69 Å². The Morgan fingerprint density at radius 1 is 1.20 bits per heavy atom. The molecular formula is C17H17NO7. The highest BCUT2D eigenvalue weighted by Crippen LogP contribution is 2.24. The molecule has 0 aliphatic carbocycles. The maximum Gasteiger partial charge on any atom is 0.378 e. The van der Waals surface area contributed by atoms with E-state index in [1.807, 2.05) is 0 Å². The first-order valence-corrected chi connectivity index (χ1v) is 7.54. The molecule has 0 fully saturated rings. The third kappa shape index (κ3) is 4.17. The number of ether oxygens (including phenoxy) is 2. The molecule has 0 aliphatic heterocycles. The van der Waals surface area contributed by atoms with Crippen LogP contribution in [0.2, 0.25) is 0 Å². The van der Waals surface area contributed by atoms with E-state index in [0.29, 0.717) is 11.1 Å². The number of anilines is 1. The van der Waals surface area contributed by atoms with Gasteiger partial charge in [0, 0.05) is 11.6 Å². The molecule has 0 spiro atoms. The molecule has 1 aromatic carbocycles. The molecule has 2 N–H and O–H groups in total. The lowest BCUT2D eigenvalue weighted by atomic mass is 10.2. The molecule has 0 radical (unpaired) electrons. The fraction of sp³-hybridized carbons (Fsp3) is 0.235. The van der Waals surface area contributed by atoms with Gasteiger partial charge in [0.05, 0.1) is 18.9 Å². The minimum absolute atomic E-state index is 0.0952. The highest BCUT2D eigenvalue weighted by atomic mass is 16.6. The smallest absolute Gasteiger partial charge is 0.378 e. The zero-order chi connectivity index (χ0) is 18.4. The van der Waals surface area contributed by atoms with Crippen LogP contribution in [-0.4, -0.2) is 30.3 Å². The number of hydrogen-bond acceptors (Lipinski definition) is 8. The van der Waals surface area contributed by atoms with Crippen molar-refractivity contribution in [2.45, 2.75) is 13.8 Å². The second kappa shape index (κ2) is 8.00. The number of esters is 2. The van der Waals surface area contributed by atoms with Crippen molar-refractivity contribution in [2.24, 2.45) is 0 Å². The fourth-order valence-electron chi connectivity index (χ4n) is 2.02. The monoisotopic (exact) mass is 347 g/mol. The van der Waals surface area contributed by atoms with Crippen LogP contribution in [0, 0.1) is 0 Å². The lowest BCUT2D eigenvalue weighted by Gasteiger charge is -2.09. The molecule has 0 bridgehead atoms. The number of para-hydroxylation sites is 1. The third-order valence-corrected chi connectivity index (χ3v) is 3.10. The minimum Gasteiger partial charge on any atom is -0.502 e. The highest BCUT2D eigenvalue weighted by Gasteiger charge is 2.21. The van der Waals surface area contributed by atoms with Crippen LogP contribution in [0.5, 0.6) is 5.75 Å². The zero-order valence-electron chi connectivity index (χ0n) is 13.7. The topological polar surface area (TPSA) is 115 Å². The Bertz CT molecular complexity index is 862. The molecule has 2 aromatic rings. The first kappa shape index (κ1) is 18.1. The molecule has 8 nitrogen and oxygen atoms in total. The molecule has 0 atom stereocenters. The quantitative estimate of drug-likeness (QED) is 0.268. The molecule has 132 valence electrons. The molecule has 0 saturated heterocycles. The molecule has 0 amide bonds. The van der Waals surface area contributed by atoms with Crippen LogP contribution in [0.1, 0.15) is 13.8 Å². The maximum atomic E-state index is 11.9. The van der Waals surface area contributed by atoms with Gasteiger partial charge in [0.15, 0.2) is 11.2 Å². The summed E-state index contributed by atoms with van der Waals surface area (Å²) in [6.45, 7) is 3.41. The average molecular weight is 347 g/mol. The summed E-state index contributed by atoms with van der Waals surface area (Å²) < 4.78 is 14.7. The molecule has 0 unspecified atom stereocenters. The number of carbonyl (C=O) groups is 2. The lowest BCUT2D eigenvalue weighted by molar-refractivity contribution is -0.146. The van der Waals surface area contributed by atoms with E-state index in [0.717, 1.165) is 6.20 Å². The Labute approximate surface area is 142 Å². The van der Waals surface area contributed by atoms with Crippen molar-refractivity contribution < 1.29 is 28.6 Å². The van der Waals surface area contributed by atoms with Gasteiger partial charge in [-0.25, -0.2) is 14.4 Å². The Kier molecular flexibility index (Phi) is 5.78. The van der Waals surface area contributed by atoms with Gasteiger partial charge < -0.3 is 24.3 Å². The number of benzene rings is 1. The third-order valence-electron chi connectivity index (χ3n) is 3.10. The predicted molar refractivity (Wildman–Crippen MR) is 89.1 cm³/mol. The predicted octanol–water partition coefficient (Wildman–Crippen LogP) is 1.92. The molecule has 0 aliphatic rings. The number of nitrogens with one attached hydrogen (secondary N) is 1. The first-order chi connectivity index (χ1) is 12.0. The van der Waals surface area contributed by atoms with Gasteiger partial charge in [0.25, 0.3) is 0 Å². The van der Waals surface area contributed by atoms with E-state index in [-0.39, 0.29) is 24.4 Å². The summed E-state index contributed by atoms with van der Waals surface area (Å²) >= 11 is 0. The largest absolute Gasteiger partial charge is 0.502 e. The van der Waals surface area contributed by atoms with E-state index in [2.05, 4.69) is 5.32 Å². The summed E-state index contributed by atoms with van der Waals surface area (Å²) in [4.78, 5) is 35.3. The summed E-state index contributed by atoms with van der Waals surface area (Å²) in [5.41, 5.74) is -0.752. The van der Waals surface area contributed by atoms with E-state index in [9.17, 15) is 19.5 Å². The molecule has 25 heavy (non-hydrogen) atoms. The van der Waals surface area contributed by atoms with Crippen molar-refractivity contribution in [1.82, 2.24) is 0 Å². The van der Waals surface area contributed by atoms with Crippen molar-refractivity contribution in [1.29, 1.82) is 0 Å². The summed E-state index contributed by atoms with van der Waals surface area (Å²) in [6, 6.07) is 6.11. The highest BCUT2D eigenvalue weighted by molar-refractivity contribution is 6.14. The van der Waals surface area contributed by atoms with Crippen molar-refractivity contribution in [3.8, 4) is 5.75 Å². The second-order valence-electron chi connectivity index (χ2n) is 4.79. The zero-order valence-corrected chi connectivity index (χ0v) is 13.7. The van der Waals surface area contributed by atoms with Crippen LogP contribution in [0.3, 0.4) is 0 Å². The number of fused-ring (bicyclic) bond motifs is 1. The second-order valence-corrected chi connectivity index (χ2v) is 4.79. The molecule has 1 aromatic heterocycles. The SMILES string of the molecule is CCOC(=O)C(=CNc1cccc2cc(O)c(=O)oc12)C(=O)OCC. The fourth-order valence-corrected chi connectivity index (χ4v) is 2.02. The van der Waals surface area contributed by atoms with Crippen LogP contribution in [0.25, 0.3) is 11.0 Å². The van der Waals surface area contributed by atoms with E-state index >= 15 is 0 Å². The van der Waals surface area contributed by atoms with Gasteiger partial charge in [0.1, 0.15) is 0 Å². The normalized spacial score (nSPS) is 10.2. The van der Waals surface area contributed by atoms with Gasteiger partial charge in [-0.15, -0.1) is 0 Å². The van der Waals surface area contributed by atoms with Crippen LogP contribution in [-0.2, 0) is 19.1 Å². The first-order valence-electron chi connectivity index (χ1n) is 7.54. The molecular weight excluding hydrogens is 330 g/mol. The summed E-state index contributed by atoms with van der Waals surface area (Å²) in [7, 11) is 0. The lowest BCUT2D eigenvalue weighted by Crippen LogP contribution is -2.19. The molecule has 8 heteroatoms. The van der Waals surface area contributed by atoms with Crippen LogP contribution < -0.4 is 10.9 Å². The van der Waals surface area contributed by atoms with Gasteiger partial charge in [-0.2, -0.15) is 0 Å². The number of aromatic hydroxyl groups is 1. The van der Waals surface area contributed by atoms with Crippen molar-refractivity contribution in [3.63, 3.8) is 0 Å². The Morgan fingerprint density at radius 3 is 2.44 bits per heavy atom. The molecule has 1 heterocycles. The number of rotatable bonds is 6. The van der Waals surface area contributed by atoms with Crippen molar-refractivity contribution in [3.05, 3.63) is 46.5 Å². The summed E-state index contributed by atoms with van der Waals surface area (Å²) in [5, 5.41) is 12.6. The molecule has 0 saturated carbocycles. The van der Waals surface area contributed by atoms with Gasteiger partial charge in [-0.1, -0.05) is 12.1 Å². The maximum absolute atomic E-state index is 11.9. The van der Waals surface area contributed by atoms with Gasteiger partial charge in [0.2, 0.25) is 5.75 Å². The van der Waals surface area contributed by atoms with Gasteiger partial charge in [-0.05, 0) is 26.0 Å². The van der Waals surface area contributed by atoms with Gasteiger partial charge in [-0.3, -0.25) is 0 Å². The van der Waals surface area contributed by atoms with Crippen LogP contribution in [0.15, 0.2) is 45.3 Å². The standard InChI is InChI=1S/C17H17NO7/c1-3-23-15(20)11(16(21)24-4-2)9-18-12-7-5-6-10-8-13(19)17(22)25-14(10)12/h5-9,18-19H,3-4H2,1-2H3. The summed E-state index contributed by atoms with van der Waals surface area (Å²) in [6.07, 6.45) is 1.12. The van der Waals surface area contributed by atoms with E-state index in [4.69, 9.17) is 13.9 Å².